The van der Waals surface area contributed by atoms with Crippen LogP contribution in [-0.4, -0.2) is 61.1 Å². The van der Waals surface area contributed by atoms with Crippen LogP contribution in [0.4, 0.5) is 4.39 Å². The Morgan fingerprint density at radius 2 is 1.96 bits per heavy atom. The largest absolute Gasteiger partial charge is 0.494 e. The van der Waals surface area contributed by atoms with Gasteiger partial charge in [0.15, 0.2) is 5.82 Å². The normalized spacial score (nSPS) is 22.7. The Balaban J connectivity index is 1.22. The van der Waals surface area contributed by atoms with Crippen molar-refractivity contribution in [2.45, 2.75) is 76.2 Å². The number of nitrogens with one attached hydrogen (secondary N) is 1. The lowest BCUT2D eigenvalue weighted by molar-refractivity contribution is 0.0726. The molecule has 0 aliphatic carbocycles. The van der Waals surface area contributed by atoms with Crippen LogP contribution in [-0.2, 0) is 20.0 Å². The first-order chi connectivity index (χ1) is 22.7. The molecule has 3 aliphatic heterocycles. The van der Waals surface area contributed by atoms with E-state index in [9.17, 15) is 9.59 Å². The molecule has 10 nitrogen and oxygen atoms in total. The molecule has 2 saturated heterocycles. The van der Waals surface area contributed by atoms with E-state index in [1.165, 1.54) is 6.07 Å². The van der Waals surface area contributed by atoms with Crippen LogP contribution in [0.2, 0.25) is 0 Å². The maximum atomic E-state index is 15.3. The molecule has 0 saturated carbocycles. The summed E-state index contributed by atoms with van der Waals surface area (Å²) in [7, 11) is 3.57. The van der Waals surface area contributed by atoms with E-state index in [4.69, 9.17) is 20.4 Å². The first-order valence-electron chi connectivity index (χ1n) is 16.4. The molecule has 2 aromatic carbocycles. The van der Waals surface area contributed by atoms with E-state index in [0.717, 1.165) is 54.3 Å². The maximum absolute atomic E-state index is 15.3. The van der Waals surface area contributed by atoms with E-state index in [0.29, 0.717) is 46.9 Å². The van der Waals surface area contributed by atoms with Gasteiger partial charge in [-0.15, -0.1) is 0 Å². The van der Waals surface area contributed by atoms with Crippen LogP contribution < -0.4 is 15.8 Å². The van der Waals surface area contributed by atoms with Crippen LogP contribution in [0.3, 0.4) is 0 Å². The number of carbonyl (C=O) groups is 2. The second kappa shape index (κ2) is 11.2. The number of hydrogen-bond donors (Lipinski definition) is 2. The summed E-state index contributed by atoms with van der Waals surface area (Å²) in [5.41, 5.74) is 11.3. The summed E-state index contributed by atoms with van der Waals surface area (Å²) < 4.78 is 25.4. The fraction of sp³-hybridized carbons (Fsp3) is 0.389. The Kier molecular flexibility index (Phi) is 7.05. The number of hydrogen-bond acceptors (Lipinski definition) is 6. The number of fused-ring (bicyclic) bond motifs is 6. The van der Waals surface area contributed by atoms with Crippen molar-refractivity contribution in [1.29, 1.82) is 0 Å². The molecule has 3 aliphatic rings. The summed E-state index contributed by atoms with van der Waals surface area (Å²) in [4.78, 5) is 39.0. The van der Waals surface area contributed by atoms with E-state index >= 15 is 4.39 Å². The van der Waals surface area contributed by atoms with Crippen LogP contribution in [0.15, 0.2) is 48.5 Å². The molecular weight excluding hydrogens is 597 g/mol. The third kappa shape index (κ3) is 4.70. The number of carbonyl (C=O) groups excluding carboxylic acids is 2. The van der Waals surface area contributed by atoms with E-state index in [1.807, 2.05) is 47.7 Å². The average molecular weight is 636 g/mol. The van der Waals surface area contributed by atoms with Gasteiger partial charge in [-0.1, -0.05) is 12.1 Å². The van der Waals surface area contributed by atoms with E-state index in [-0.39, 0.29) is 29.6 Å². The number of aryl methyl sites for hydroxylation is 3. The van der Waals surface area contributed by atoms with Gasteiger partial charge in [0, 0.05) is 42.7 Å². The zero-order valence-corrected chi connectivity index (χ0v) is 26.8. The van der Waals surface area contributed by atoms with Gasteiger partial charge in [-0.2, -0.15) is 0 Å². The quantitative estimate of drug-likeness (QED) is 0.279. The number of methoxy groups -OCH3 is 1. The standard InChI is InChI=1S/C36H38FN7O3/c1-19-26-12-10-21-16-29(43(33(21)40-26)14-5-4-7-20-8-6-9-24(31(20)37)35(45)39-19)34-41-27-15-22(17-30(47-3)32(27)42(34)2)36(46)44-23-11-13-28(44)25(38)18-23/h6,8-10,12,15-17,19,23,25,28H,4-5,7,11,13-14,18,38H2,1-3H3,(H,39,45)/t19-,23+,25-,28-/m1/s1. The summed E-state index contributed by atoms with van der Waals surface area (Å²) in [6.45, 7) is 2.49. The van der Waals surface area contributed by atoms with E-state index in [1.54, 1.807) is 19.2 Å². The molecule has 11 heteroatoms. The molecule has 8 rings (SSSR count). The van der Waals surface area contributed by atoms with Crippen molar-refractivity contribution in [2.24, 2.45) is 12.8 Å². The summed E-state index contributed by atoms with van der Waals surface area (Å²) in [6, 6.07) is 14.5. The molecule has 0 radical (unpaired) electrons. The SMILES string of the molecule is COc1cc(C(=O)N2[C@H]3CC[C@@H]2[C@H](N)C3)cc2nc(-c3cc4ccc5nc4n3CCCCc3cccc(c3F)C(=O)N[C@@H]5C)n(C)c12. The molecule has 6 heterocycles. The smallest absolute Gasteiger partial charge is 0.254 e. The van der Waals surface area contributed by atoms with Gasteiger partial charge >= 0.3 is 0 Å². The molecule has 2 fully saturated rings. The number of aromatic nitrogens is 4. The van der Waals surface area contributed by atoms with Crippen molar-refractivity contribution >= 4 is 33.9 Å². The predicted octanol–water partition coefficient (Wildman–Crippen LogP) is 5.27. The van der Waals surface area contributed by atoms with Crippen molar-refractivity contribution in [3.05, 3.63) is 76.7 Å². The maximum Gasteiger partial charge on any atom is 0.254 e. The van der Waals surface area contributed by atoms with Crippen molar-refractivity contribution in [3.8, 4) is 17.3 Å². The molecule has 4 atom stereocenters. The Bertz CT molecular complexity index is 2080. The molecule has 5 aromatic rings. The summed E-state index contributed by atoms with van der Waals surface area (Å²) in [6.07, 6.45) is 4.78. The highest BCUT2D eigenvalue weighted by molar-refractivity contribution is 6.01. The number of imidazole rings is 1. The van der Waals surface area contributed by atoms with Crippen molar-refractivity contribution in [2.75, 3.05) is 7.11 Å². The minimum atomic E-state index is -0.466. The fourth-order valence-electron chi connectivity index (χ4n) is 8.00. The molecule has 3 aromatic heterocycles. The first kappa shape index (κ1) is 29.6. The minimum Gasteiger partial charge on any atom is -0.494 e. The Morgan fingerprint density at radius 3 is 2.72 bits per heavy atom. The molecule has 6 bridgehead atoms. The van der Waals surface area contributed by atoms with E-state index in [2.05, 4.69) is 16.0 Å². The van der Waals surface area contributed by atoms with Gasteiger partial charge in [-0.25, -0.2) is 14.4 Å². The number of nitrogens with zero attached hydrogens (tertiary/aromatic N) is 5. The monoisotopic (exact) mass is 635 g/mol. The van der Waals surface area contributed by atoms with Gasteiger partial charge in [-0.3, -0.25) is 9.59 Å². The average Bonchev–Trinajstić information content (AvgIpc) is 3.81. The molecular formula is C36H38FN7O3. The third-order valence-corrected chi connectivity index (χ3v) is 10.4. The zero-order chi connectivity index (χ0) is 32.6. The van der Waals surface area contributed by atoms with Crippen LogP contribution in [0.25, 0.3) is 33.6 Å². The van der Waals surface area contributed by atoms with Gasteiger partial charge in [0.2, 0.25) is 0 Å². The zero-order valence-electron chi connectivity index (χ0n) is 26.8. The second-order valence-electron chi connectivity index (χ2n) is 13.2. The lowest BCUT2D eigenvalue weighted by Gasteiger charge is -2.23. The van der Waals surface area contributed by atoms with Crippen LogP contribution in [0, 0.1) is 5.82 Å². The van der Waals surface area contributed by atoms with Gasteiger partial charge in [0.1, 0.15) is 22.7 Å². The predicted molar refractivity (Wildman–Crippen MR) is 177 cm³/mol. The van der Waals surface area contributed by atoms with Crippen LogP contribution in [0.5, 0.6) is 5.75 Å². The molecule has 47 heavy (non-hydrogen) atoms. The van der Waals surface area contributed by atoms with E-state index < -0.39 is 17.8 Å². The Morgan fingerprint density at radius 1 is 1.11 bits per heavy atom. The lowest BCUT2D eigenvalue weighted by atomic mass is 9.97. The number of rotatable bonds is 3. The van der Waals surface area contributed by atoms with Crippen molar-refractivity contribution in [3.63, 3.8) is 0 Å². The number of nitrogens with two attached hydrogens (primary N) is 1. The molecule has 0 unspecified atom stereocenters. The van der Waals surface area contributed by atoms with Crippen LogP contribution in [0.1, 0.15) is 77.0 Å². The number of pyridine rings is 1. The molecule has 0 spiro atoms. The summed E-state index contributed by atoms with van der Waals surface area (Å²) in [5, 5.41) is 3.88. The highest BCUT2D eigenvalue weighted by Crippen LogP contribution is 2.40. The number of amides is 2. The van der Waals surface area contributed by atoms with Gasteiger partial charge in [-0.05, 0) is 87.4 Å². The van der Waals surface area contributed by atoms with Crippen molar-refractivity contribution in [1.82, 2.24) is 29.3 Å². The molecule has 2 amide bonds. The van der Waals surface area contributed by atoms with Gasteiger partial charge in [0.25, 0.3) is 11.8 Å². The van der Waals surface area contributed by atoms with Crippen molar-refractivity contribution < 1.29 is 18.7 Å². The summed E-state index contributed by atoms with van der Waals surface area (Å²) in [5.74, 6) is 0.339. The number of ether oxygens (including phenoxy) is 1. The highest BCUT2D eigenvalue weighted by Gasteiger charge is 2.47. The van der Waals surface area contributed by atoms with Gasteiger partial charge in [0.05, 0.1) is 35.6 Å². The fourth-order valence-corrected chi connectivity index (χ4v) is 8.00. The van der Waals surface area contributed by atoms with Gasteiger partial charge < -0.3 is 29.8 Å². The Labute approximate surface area is 271 Å². The molecule has 242 valence electrons. The van der Waals surface area contributed by atoms with Crippen LogP contribution >= 0.6 is 0 Å². The third-order valence-electron chi connectivity index (χ3n) is 10.4. The second-order valence-corrected chi connectivity index (χ2v) is 13.2. The lowest BCUT2D eigenvalue weighted by Crippen LogP contribution is -2.40. The topological polar surface area (TPSA) is 120 Å². The molecule has 3 N–H and O–H groups in total. The summed E-state index contributed by atoms with van der Waals surface area (Å²) >= 11 is 0. The number of benzene rings is 2. The number of halogens is 1. The minimum absolute atomic E-state index is 0.0205. The first-order valence-corrected chi connectivity index (χ1v) is 16.4. The highest BCUT2D eigenvalue weighted by atomic mass is 19.1. The Hall–Kier alpha value is -4.77.